The molecule has 0 radical (unpaired) electrons. The zero-order valence-corrected chi connectivity index (χ0v) is 26.4. The highest BCUT2D eigenvalue weighted by Crippen LogP contribution is 2.40. The molecule has 3 atom stereocenters. The number of hydrogen-bond acceptors (Lipinski definition) is 5. The first-order valence-corrected chi connectivity index (χ1v) is 16.2. The summed E-state index contributed by atoms with van der Waals surface area (Å²) < 4.78 is 12.1. The Morgan fingerprint density at radius 1 is 1.14 bits per heavy atom. The highest BCUT2D eigenvalue weighted by Gasteiger charge is 2.28. The number of hydrogen-bond donors (Lipinski definition) is 3. The third-order valence-electron chi connectivity index (χ3n) is 8.67. The number of aromatic hydroxyl groups is 1. The number of methoxy groups -OCH3 is 1. The van der Waals surface area contributed by atoms with Crippen molar-refractivity contribution in [3.8, 4) is 23.3 Å². The summed E-state index contributed by atoms with van der Waals surface area (Å²) >= 11 is 0. The van der Waals surface area contributed by atoms with Crippen molar-refractivity contribution >= 4 is 11.7 Å². The molecule has 0 spiro atoms. The fraction of sp³-hybridized carbons (Fsp3) is 0.514. The van der Waals surface area contributed by atoms with E-state index >= 15 is 0 Å². The molecule has 5 N–H and O–H groups in total. The molecule has 2 aromatic carbocycles. The number of ether oxygens (including phenoxy) is 2. The van der Waals surface area contributed by atoms with E-state index in [4.69, 9.17) is 20.9 Å². The van der Waals surface area contributed by atoms with Crippen LogP contribution in [-0.2, 0) is 28.8 Å². The Bertz CT molecular complexity index is 1350. The summed E-state index contributed by atoms with van der Waals surface area (Å²) in [5, 5.41) is 11.7. The van der Waals surface area contributed by atoms with E-state index in [1.807, 2.05) is 30.3 Å². The first kappa shape index (κ1) is 33.1. The summed E-state index contributed by atoms with van der Waals surface area (Å²) in [4.78, 5) is 17.4. The summed E-state index contributed by atoms with van der Waals surface area (Å²) in [5.41, 5.74) is 15.5. The number of aryl methyl sites for hydroxylation is 1. The molecule has 2 aliphatic carbocycles. The van der Waals surface area contributed by atoms with Gasteiger partial charge in [-0.05, 0) is 93.4 Å². The van der Waals surface area contributed by atoms with Crippen LogP contribution in [0.4, 0.5) is 0 Å². The molecule has 7 nitrogen and oxygen atoms in total. The Morgan fingerprint density at radius 2 is 1.91 bits per heavy atom. The lowest BCUT2D eigenvalue weighted by molar-refractivity contribution is -0.114. The SMILES string of the molecule is CCCC=CC(=O)CCc1cc(OC2CCCC2)c(O)c2c1C#CC(Cc1ccccc1)C(N=C(N)N)CCC(COC)C2. The van der Waals surface area contributed by atoms with Gasteiger partial charge in [0.25, 0.3) is 0 Å². The fourth-order valence-corrected chi connectivity index (χ4v) is 6.35. The Kier molecular flexibility index (Phi) is 12.7. The van der Waals surface area contributed by atoms with Gasteiger partial charge in [-0.1, -0.05) is 61.6 Å². The second-order valence-electron chi connectivity index (χ2n) is 12.2. The second kappa shape index (κ2) is 16.9. The number of unbranched alkanes of at least 4 members (excludes halogenated alkanes) is 1. The summed E-state index contributed by atoms with van der Waals surface area (Å²) in [6.07, 6.45) is 13.5. The summed E-state index contributed by atoms with van der Waals surface area (Å²) in [7, 11) is 1.70. The zero-order valence-electron chi connectivity index (χ0n) is 26.4. The molecule has 3 unspecified atom stereocenters. The molecular weight excluding hydrogens is 550 g/mol. The summed E-state index contributed by atoms with van der Waals surface area (Å²) in [5.74, 6) is 7.76. The number of nitrogens with two attached hydrogens (primary N) is 2. The number of allylic oxidation sites excluding steroid dienone is 2. The molecule has 236 valence electrons. The zero-order chi connectivity index (χ0) is 31.3. The molecule has 7 heteroatoms. The molecular formula is C37H49N3O4. The number of ketones is 1. The van der Waals surface area contributed by atoms with Crippen LogP contribution in [0.5, 0.6) is 11.5 Å². The quantitative estimate of drug-likeness (QED) is 0.112. The number of benzene rings is 2. The van der Waals surface area contributed by atoms with Crippen molar-refractivity contribution in [3.05, 3.63) is 70.8 Å². The summed E-state index contributed by atoms with van der Waals surface area (Å²) in [6.45, 7) is 2.62. The van der Waals surface area contributed by atoms with Gasteiger partial charge in [0.05, 0.1) is 12.1 Å². The normalized spacial score (nSPS) is 20.5. The minimum Gasteiger partial charge on any atom is -0.504 e. The second-order valence-corrected chi connectivity index (χ2v) is 12.2. The Hall–Kier alpha value is -3.76. The molecule has 4 rings (SSSR count). The molecule has 1 fully saturated rings. The maximum Gasteiger partial charge on any atom is 0.186 e. The van der Waals surface area contributed by atoms with E-state index in [1.54, 1.807) is 13.2 Å². The molecule has 2 aromatic rings. The lowest BCUT2D eigenvalue weighted by Crippen LogP contribution is -2.30. The third-order valence-corrected chi connectivity index (χ3v) is 8.67. The first-order valence-electron chi connectivity index (χ1n) is 16.2. The van der Waals surface area contributed by atoms with Crippen molar-refractivity contribution in [2.75, 3.05) is 13.7 Å². The van der Waals surface area contributed by atoms with Crippen molar-refractivity contribution in [2.45, 2.75) is 96.1 Å². The van der Waals surface area contributed by atoms with Crippen molar-refractivity contribution in [3.63, 3.8) is 0 Å². The van der Waals surface area contributed by atoms with Crippen LogP contribution in [-0.4, -0.2) is 42.7 Å². The van der Waals surface area contributed by atoms with Gasteiger partial charge in [-0.2, -0.15) is 0 Å². The van der Waals surface area contributed by atoms with Gasteiger partial charge in [0, 0.05) is 37.2 Å². The third kappa shape index (κ3) is 9.62. The van der Waals surface area contributed by atoms with Crippen LogP contribution >= 0.6 is 0 Å². The number of carbonyl (C=O) groups excluding carboxylic acids is 1. The van der Waals surface area contributed by atoms with E-state index in [1.165, 1.54) is 0 Å². The minimum atomic E-state index is -0.194. The van der Waals surface area contributed by atoms with Crippen molar-refractivity contribution in [1.82, 2.24) is 0 Å². The van der Waals surface area contributed by atoms with Gasteiger partial charge in [-0.3, -0.25) is 4.79 Å². The van der Waals surface area contributed by atoms with Gasteiger partial charge in [0.15, 0.2) is 23.2 Å². The minimum absolute atomic E-state index is 0.0530. The van der Waals surface area contributed by atoms with Crippen LogP contribution in [0.3, 0.4) is 0 Å². The van der Waals surface area contributed by atoms with Gasteiger partial charge < -0.3 is 26.0 Å². The van der Waals surface area contributed by atoms with E-state index < -0.39 is 0 Å². The molecule has 1 saturated carbocycles. The van der Waals surface area contributed by atoms with Crippen LogP contribution in [0.2, 0.25) is 0 Å². The van der Waals surface area contributed by atoms with Crippen molar-refractivity contribution in [1.29, 1.82) is 0 Å². The van der Waals surface area contributed by atoms with Crippen LogP contribution in [0, 0.1) is 23.7 Å². The maximum atomic E-state index is 12.8. The number of rotatable bonds is 13. The summed E-state index contributed by atoms with van der Waals surface area (Å²) in [6, 6.07) is 12.0. The smallest absolute Gasteiger partial charge is 0.186 e. The molecule has 0 amide bonds. The molecule has 44 heavy (non-hydrogen) atoms. The van der Waals surface area contributed by atoms with Gasteiger partial charge in [-0.25, -0.2) is 4.99 Å². The molecule has 0 heterocycles. The van der Waals surface area contributed by atoms with E-state index in [2.05, 4.69) is 35.9 Å². The Balaban J connectivity index is 1.82. The Morgan fingerprint density at radius 3 is 2.61 bits per heavy atom. The van der Waals surface area contributed by atoms with Crippen LogP contribution in [0.15, 0.2) is 53.5 Å². The molecule has 0 aromatic heterocycles. The maximum absolute atomic E-state index is 12.8. The number of fused-ring (bicyclic) bond motifs is 1. The molecule has 0 bridgehead atoms. The lowest BCUT2D eigenvalue weighted by atomic mass is 9.83. The number of guanidine groups is 1. The van der Waals surface area contributed by atoms with Crippen LogP contribution in [0.1, 0.15) is 87.0 Å². The fourth-order valence-electron chi connectivity index (χ4n) is 6.35. The van der Waals surface area contributed by atoms with Crippen LogP contribution in [0.25, 0.3) is 0 Å². The number of phenols is 1. The number of nitrogens with zero attached hydrogens (tertiary/aromatic N) is 1. The molecule has 0 aliphatic heterocycles. The highest BCUT2D eigenvalue weighted by molar-refractivity contribution is 5.89. The van der Waals surface area contributed by atoms with Gasteiger partial charge in [0.2, 0.25) is 0 Å². The van der Waals surface area contributed by atoms with Crippen molar-refractivity contribution < 1.29 is 19.4 Å². The molecule has 0 saturated heterocycles. The number of phenolic OH excluding ortho intramolecular Hbond substituents is 1. The predicted molar refractivity (Wildman–Crippen MR) is 177 cm³/mol. The Labute approximate surface area is 263 Å². The van der Waals surface area contributed by atoms with E-state index in [9.17, 15) is 9.90 Å². The average Bonchev–Trinajstić information content (AvgIpc) is 3.52. The first-order chi connectivity index (χ1) is 21.4. The topological polar surface area (TPSA) is 120 Å². The number of carbonyl (C=O) groups is 1. The van der Waals surface area contributed by atoms with E-state index in [0.717, 1.165) is 73.6 Å². The monoisotopic (exact) mass is 599 g/mol. The van der Waals surface area contributed by atoms with Gasteiger partial charge in [0.1, 0.15) is 0 Å². The number of aliphatic imine (C=N–C) groups is 1. The van der Waals surface area contributed by atoms with Crippen LogP contribution < -0.4 is 16.2 Å². The van der Waals surface area contributed by atoms with Crippen molar-refractivity contribution in [2.24, 2.45) is 28.3 Å². The standard InChI is InChI=1S/C37H49N3O4/c1-3-4-6-13-30(41)19-17-28-24-35(44-31-14-9-10-15-31)36(42)33-23-27(25-43-2)16-21-34(40-37(38)39)29(18-20-32(28)33)22-26-11-7-5-8-12-26/h5-8,11-13,24,27,29,31,34,42H,3-4,9-10,14-17,19,21-23,25H2,1-2H3,(H4,38,39,40). The van der Waals surface area contributed by atoms with Gasteiger partial charge in [-0.15, -0.1) is 0 Å². The predicted octanol–water partition coefficient (Wildman–Crippen LogP) is 6.02. The average molecular weight is 600 g/mol. The highest BCUT2D eigenvalue weighted by atomic mass is 16.5. The molecule has 2 aliphatic rings. The van der Waals surface area contributed by atoms with Gasteiger partial charge >= 0.3 is 0 Å². The largest absolute Gasteiger partial charge is 0.504 e. The van der Waals surface area contributed by atoms with E-state index in [0.29, 0.717) is 38.0 Å². The van der Waals surface area contributed by atoms with E-state index in [-0.39, 0.29) is 41.5 Å². The lowest BCUT2D eigenvalue weighted by Gasteiger charge is -2.26.